The SMILES string of the molecule is CC.CC.CC.CCOC(C)OC1CCC2(C)C3=C(CCC2C1(C)C)C1=CCC(CO)C1(C)CC3. The van der Waals surface area contributed by atoms with Gasteiger partial charge < -0.3 is 14.6 Å². The topological polar surface area (TPSA) is 38.7 Å². The van der Waals surface area contributed by atoms with Gasteiger partial charge in [0.25, 0.3) is 0 Å². The maximum absolute atomic E-state index is 9.94. The number of allylic oxidation sites excluding steroid dienone is 4. The minimum absolute atomic E-state index is 0.124. The highest BCUT2D eigenvalue weighted by Gasteiger charge is 2.57. The maximum Gasteiger partial charge on any atom is 0.155 e. The van der Waals surface area contributed by atoms with Crippen LogP contribution in [0.5, 0.6) is 0 Å². The highest BCUT2D eigenvalue weighted by molar-refractivity contribution is 5.49. The van der Waals surface area contributed by atoms with E-state index in [1.807, 2.05) is 55.4 Å². The zero-order chi connectivity index (χ0) is 27.0. The molecule has 6 atom stereocenters. The van der Waals surface area contributed by atoms with E-state index in [4.69, 9.17) is 9.47 Å². The lowest BCUT2D eigenvalue weighted by Gasteiger charge is -2.60. The van der Waals surface area contributed by atoms with Gasteiger partial charge in [-0.3, -0.25) is 0 Å². The van der Waals surface area contributed by atoms with E-state index in [2.05, 4.69) is 33.8 Å². The summed E-state index contributed by atoms with van der Waals surface area (Å²) in [7, 11) is 0. The van der Waals surface area contributed by atoms with Gasteiger partial charge in [-0.1, -0.05) is 80.9 Å². The van der Waals surface area contributed by atoms with Gasteiger partial charge in [-0.25, -0.2) is 0 Å². The largest absolute Gasteiger partial charge is 0.396 e. The molecule has 0 aliphatic heterocycles. The van der Waals surface area contributed by atoms with Crippen LogP contribution in [0.15, 0.2) is 22.8 Å². The molecule has 0 aromatic heterocycles. The number of rotatable bonds is 5. The molecule has 0 spiro atoms. The molecule has 0 bridgehead atoms. The van der Waals surface area contributed by atoms with Crippen molar-refractivity contribution in [3.63, 3.8) is 0 Å². The van der Waals surface area contributed by atoms with E-state index in [0.717, 1.165) is 12.8 Å². The van der Waals surface area contributed by atoms with Crippen molar-refractivity contribution in [2.24, 2.45) is 28.1 Å². The second-order valence-corrected chi connectivity index (χ2v) is 11.1. The number of hydrogen-bond acceptors (Lipinski definition) is 3. The van der Waals surface area contributed by atoms with Gasteiger partial charge in [0.05, 0.1) is 6.10 Å². The Hall–Kier alpha value is -0.640. The third-order valence-electron chi connectivity index (χ3n) is 9.48. The molecule has 1 saturated carbocycles. The van der Waals surface area contributed by atoms with Crippen LogP contribution in [-0.2, 0) is 9.47 Å². The van der Waals surface area contributed by atoms with Crippen molar-refractivity contribution in [2.45, 2.75) is 140 Å². The summed E-state index contributed by atoms with van der Waals surface area (Å²) in [6.07, 6.45) is 10.9. The van der Waals surface area contributed by atoms with E-state index in [9.17, 15) is 5.11 Å². The molecule has 0 amide bonds. The molecule has 4 aliphatic carbocycles. The molecule has 0 aromatic carbocycles. The molecule has 206 valence electrons. The molecule has 1 fully saturated rings. The minimum atomic E-state index is -0.124. The smallest absolute Gasteiger partial charge is 0.155 e. The summed E-state index contributed by atoms with van der Waals surface area (Å²) in [4.78, 5) is 0. The van der Waals surface area contributed by atoms with E-state index < -0.39 is 0 Å². The standard InChI is InChI=1S/C26H42O3.3C2H6/c1-7-28-17(2)29-23-13-15-26(6)21-12-14-25(5)18(16-27)8-10-20(25)19(21)9-11-22(26)24(23,3)4;3*1-2/h10,17-18,22-23,27H,7-9,11-16H2,1-6H3;3*1-2H3. The predicted molar refractivity (Wildman–Crippen MR) is 151 cm³/mol. The summed E-state index contributed by atoms with van der Waals surface area (Å²) in [6, 6.07) is 0. The highest BCUT2D eigenvalue weighted by Crippen LogP contribution is 2.66. The van der Waals surface area contributed by atoms with Crippen LogP contribution < -0.4 is 0 Å². The second-order valence-electron chi connectivity index (χ2n) is 11.1. The van der Waals surface area contributed by atoms with Crippen molar-refractivity contribution < 1.29 is 14.6 Å². The van der Waals surface area contributed by atoms with Crippen LogP contribution in [0.1, 0.15) is 128 Å². The summed E-state index contributed by atoms with van der Waals surface area (Å²) in [5, 5.41) is 9.94. The van der Waals surface area contributed by atoms with Gasteiger partial charge in [0, 0.05) is 13.2 Å². The number of hydrogen-bond donors (Lipinski definition) is 1. The second kappa shape index (κ2) is 13.8. The van der Waals surface area contributed by atoms with Crippen LogP contribution in [-0.4, -0.2) is 30.7 Å². The molecule has 3 heteroatoms. The van der Waals surface area contributed by atoms with Crippen LogP contribution in [0.4, 0.5) is 0 Å². The van der Waals surface area contributed by atoms with Crippen molar-refractivity contribution in [3.8, 4) is 0 Å². The number of aliphatic hydroxyl groups excluding tert-OH is 1. The van der Waals surface area contributed by atoms with E-state index in [-0.39, 0.29) is 28.6 Å². The molecule has 0 heterocycles. The molecule has 4 aliphatic rings. The fourth-order valence-corrected chi connectivity index (χ4v) is 7.78. The first-order valence-electron chi connectivity index (χ1n) is 15.0. The normalized spacial score (nSPS) is 35.3. The quantitative estimate of drug-likeness (QED) is 0.389. The average molecular weight is 493 g/mol. The summed E-state index contributed by atoms with van der Waals surface area (Å²) in [5.74, 6) is 1.07. The van der Waals surface area contributed by atoms with Crippen LogP contribution in [0.3, 0.4) is 0 Å². The maximum atomic E-state index is 9.94. The first kappa shape index (κ1) is 32.4. The van der Waals surface area contributed by atoms with Gasteiger partial charge in [-0.2, -0.15) is 0 Å². The van der Waals surface area contributed by atoms with Gasteiger partial charge >= 0.3 is 0 Å². The highest BCUT2D eigenvalue weighted by atomic mass is 16.7. The Labute approximate surface area is 219 Å². The predicted octanol–water partition coefficient (Wildman–Crippen LogP) is 9.10. The van der Waals surface area contributed by atoms with Crippen molar-refractivity contribution in [1.82, 2.24) is 0 Å². The molecule has 35 heavy (non-hydrogen) atoms. The van der Waals surface area contributed by atoms with Crippen molar-refractivity contribution in [3.05, 3.63) is 22.8 Å². The van der Waals surface area contributed by atoms with E-state index >= 15 is 0 Å². The van der Waals surface area contributed by atoms with Gasteiger partial charge in [0.1, 0.15) is 0 Å². The number of ether oxygens (including phenoxy) is 2. The zero-order valence-corrected chi connectivity index (χ0v) is 25.5. The lowest BCUT2D eigenvalue weighted by molar-refractivity contribution is -0.214. The van der Waals surface area contributed by atoms with E-state index in [1.54, 1.807) is 16.7 Å². The van der Waals surface area contributed by atoms with Crippen LogP contribution in [0.2, 0.25) is 0 Å². The van der Waals surface area contributed by atoms with Crippen LogP contribution in [0.25, 0.3) is 0 Å². The lowest BCUT2D eigenvalue weighted by atomic mass is 9.46. The van der Waals surface area contributed by atoms with E-state index in [0.29, 0.717) is 25.0 Å². The first-order chi connectivity index (χ1) is 16.7. The Morgan fingerprint density at radius 2 is 1.57 bits per heavy atom. The molecule has 0 aromatic rings. The molecular formula is C32H60O3. The Morgan fingerprint density at radius 1 is 0.943 bits per heavy atom. The molecule has 4 rings (SSSR count). The fraction of sp³-hybridized carbons (Fsp3) is 0.875. The van der Waals surface area contributed by atoms with Gasteiger partial charge in [-0.15, -0.1) is 0 Å². The van der Waals surface area contributed by atoms with Gasteiger partial charge in [0.15, 0.2) is 6.29 Å². The number of fused-ring (bicyclic) bond motifs is 4. The number of aliphatic hydroxyl groups is 1. The molecule has 0 radical (unpaired) electrons. The summed E-state index contributed by atoms with van der Waals surface area (Å²) >= 11 is 0. The third-order valence-corrected chi connectivity index (χ3v) is 9.48. The molecular weight excluding hydrogens is 432 g/mol. The molecule has 1 N–H and O–H groups in total. The van der Waals surface area contributed by atoms with Crippen molar-refractivity contribution in [1.29, 1.82) is 0 Å². The van der Waals surface area contributed by atoms with Crippen molar-refractivity contribution >= 4 is 0 Å². The summed E-state index contributed by atoms with van der Waals surface area (Å²) < 4.78 is 12.1. The third kappa shape index (κ3) is 5.93. The van der Waals surface area contributed by atoms with Crippen LogP contribution >= 0.6 is 0 Å². The Bertz CT molecular complexity index is 706. The molecule has 3 nitrogen and oxygen atoms in total. The summed E-state index contributed by atoms with van der Waals surface area (Å²) in [5.41, 5.74) is 5.64. The van der Waals surface area contributed by atoms with Gasteiger partial charge in [0.2, 0.25) is 0 Å². The zero-order valence-electron chi connectivity index (χ0n) is 25.5. The Kier molecular flexibility index (Phi) is 12.7. The van der Waals surface area contributed by atoms with Crippen LogP contribution in [0, 0.1) is 28.1 Å². The lowest BCUT2D eigenvalue weighted by Crippen LogP contribution is -2.54. The van der Waals surface area contributed by atoms with Crippen molar-refractivity contribution in [2.75, 3.05) is 13.2 Å². The average Bonchev–Trinajstić information content (AvgIpc) is 3.21. The van der Waals surface area contributed by atoms with E-state index in [1.165, 1.54) is 32.1 Å². The first-order valence-corrected chi connectivity index (χ1v) is 15.0. The fourth-order valence-electron chi connectivity index (χ4n) is 7.78. The summed E-state index contributed by atoms with van der Waals surface area (Å²) in [6.45, 7) is 26.9. The minimum Gasteiger partial charge on any atom is -0.396 e. The Balaban J connectivity index is 0.000000949. The molecule has 0 saturated heterocycles. The van der Waals surface area contributed by atoms with Gasteiger partial charge in [-0.05, 0) is 98.0 Å². The molecule has 6 unspecified atom stereocenters. The monoisotopic (exact) mass is 492 g/mol. The Morgan fingerprint density at radius 3 is 2.14 bits per heavy atom.